The highest BCUT2D eigenvalue weighted by molar-refractivity contribution is 6.32. The smallest absolute Gasteiger partial charge is 0.244 e. The topological polar surface area (TPSA) is 36.7 Å². The van der Waals surface area contributed by atoms with Crippen LogP contribution in [0.3, 0.4) is 0 Å². The molecule has 0 saturated heterocycles. The highest BCUT2D eigenvalue weighted by Crippen LogP contribution is 2.32. The lowest BCUT2D eigenvalue weighted by Gasteiger charge is -2.08. The van der Waals surface area contributed by atoms with Gasteiger partial charge in [0.05, 0.1) is 5.02 Å². The summed E-state index contributed by atoms with van der Waals surface area (Å²) in [7, 11) is 0. The molecule has 0 atom stereocenters. The monoisotopic (exact) mass is 236 g/mol. The summed E-state index contributed by atoms with van der Waals surface area (Å²) in [5.74, 6) is -0.113. The highest BCUT2D eigenvalue weighted by atomic mass is 35.5. The molecule has 0 fully saturated rings. The van der Waals surface area contributed by atoms with Crippen molar-refractivity contribution in [2.75, 3.05) is 0 Å². The molecule has 74 valence electrons. The summed E-state index contributed by atoms with van der Waals surface area (Å²) in [4.78, 5) is 3.60. The van der Waals surface area contributed by atoms with Gasteiger partial charge in [-0.05, 0) is 5.56 Å². The van der Waals surface area contributed by atoms with Crippen molar-refractivity contribution < 1.29 is 8.78 Å². The van der Waals surface area contributed by atoms with Gasteiger partial charge >= 0.3 is 0 Å². The summed E-state index contributed by atoms with van der Waals surface area (Å²) >= 11 is 11.0. The number of halogens is 4. The second-order valence-corrected chi connectivity index (χ2v) is 3.05. The number of alkyl halides is 3. The number of rotatable bonds is 2. The molecule has 14 heavy (non-hydrogen) atoms. The number of aromatic nitrogens is 1. The van der Waals surface area contributed by atoms with Gasteiger partial charge in [0.2, 0.25) is 0 Å². The van der Waals surface area contributed by atoms with Crippen molar-refractivity contribution in [3.63, 3.8) is 0 Å². The van der Waals surface area contributed by atoms with Crippen LogP contribution in [0.25, 0.3) is 0 Å². The number of pyridine rings is 1. The van der Waals surface area contributed by atoms with Crippen LogP contribution in [0.2, 0.25) is 5.02 Å². The van der Waals surface area contributed by atoms with Crippen LogP contribution in [-0.2, 0) is 5.88 Å². The summed E-state index contributed by atoms with van der Waals surface area (Å²) in [6.07, 6.45) is -1.62. The van der Waals surface area contributed by atoms with Crippen molar-refractivity contribution in [2.24, 2.45) is 0 Å². The van der Waals surface area contributed by atoms with Gasteiger partial charge in [-0.3, -0.25) is 0 Å². The van der Waals surface area contributed by atoms with Crippen molar-refractivity contribution in [1.82, 2.24) is 4.98 Å². The van der Waals surface area contributed by atoms with E-state index < -0.39 is 12.0 Å². The van der Waals surface area contributed by atoms with E-state index in [0.717, 1.165) is 6.20 Å². The van der Waals surface area contributed by atoms with E-state index in [0.29, 0.717) is 0 Å². The lowest BCUT2D eigenvalue weighted by molar-refractivity contribution is 0.150. The second-order valence-electron chi connectivity index (χ2n) is 2.41. The minimum Gasteiger partial charge on any atom is -0.244 e. The number of nitriles is 1. The first-order valence-electron chi connectivity index (χ1n) is 3.53. The minimum absolute atomic E-state index is 0.113. The van der Waals surface area contributed by atoms with Crippen LogP contribution in [0.5, 0.6) is 0 Å². The number of nitrogens with zero attached hydrogens (tertiary/aromatic N) is 2. The van der Waals surface area contributed by atoms with Crippen molar-refractivity contribution in [3.8, 4) is 6.07 Å². The maximum atomic E-state index is 12.5. The zero-order valence-electron chi connectivity index (χ0n) is 6.77. The molecular formula is C8H4Cl2F2N2. The average Bonchev–Trinajstić information content (AvgIpc) is 2.16. The Labute approximate surface area is 89.1 Å². The Morgan fingerprint density at radius 2 is 2.21 bits per heavy atom. The van der Waals surface area contributed by atoms with Crippen molar-refractivity contribution >= 4 is 23.2 Å². The van der Waals surface area contributed by atoms with E-state index in [-0.39, 0.29) is 22.2 Å². The van der Waals surface area contributed by atoms with Crippen LogP contribution in [-0.4, -0.2) is 4.98 Å². The minimum atomic E-state index is -2.76. The van der Waals surface area contributed by atoms with Gasteiger partial charge in [0, 0.05) is 17.6 Å². The molecule has 0 unspecified atom stereocenters. The quantitative estimate of drug-likeness (QED) is 0.740. The van der Waals surface area contributed by atoms with Gasteiger partial charge in [0.25, 0.3) is 6.43 Å². The van der Waals surface area contributed by atoms with Gasteiger partial charge in [-0.15, -0.1) is 11.6 Å². The molecule has 0 saturated carbocycles. The van der Waals surface area contributed by atoms with Crippen LogP contribution in [0.15, 0.2) is 6.20 Å². The van der Waals surface area contributed by atoms with E-state index in [9.17, 15) is 8.78 Å². The molecular weight excluding hydrogens is 233 g/mol. The Balaban J connectivity index is 3.41. The fraction of sp³-hybridized carbons (Fsp3) is 0.250. The fourth-order valence-electron chi connectivity index (χ4n) is 0.958. The third-order valence-electron chi connectivity index (χ3n) is 1.61. The van der Waals surface area contributed by atoms with Crippen LogP contribution < -0.4 is 0 Å². The van der Waals surface area contributed by atoms with Gasteiger partial charge in [-0.25, -0.2) is 13.8 Å². The molecule has 1 aromatic heterocycles. The van der Waals surface area contributed by atoms with Gasteiger partial charge in [-0.2, -0.15) is 5.26 Å². The molecule has 0 spiro atoms. The normalized spacial score (nSPS) is 10.3. The predicted octanol–water partition coefficient (Wildman–Crippen LogP) is 3.28. The van der Waals surface area contributed by atoms with Gasteiger partial charge in [-0.1, -0.05) is 11.6 Å². The SMILES string of the molecule is N#Cc1ncc(CCl)c(C(F)F)c1Cl. The first-order valence-corrected chi connectivity index (χ1v) is 4.44. The largest absolute Gasteiger partial charge is 0.265 e. The first kappa shape index (κ1) is 11.2. The molecule has 0 amide bonds. The van der Waals surface area contributed by atoms with Gasteiger partial charge < -0.3 is 0 Å². The maximum Gasteiger partial charge on any atom is 0.265 e. The predicted molar refractivity (Wildman–Crippen MR) is 48.5 cm³/mol. The van der Waals surface area contributed by atoms with Gasteiger partial charge in [0.1, 0.15) is 6.07 Å². The standard InChI is InChI=1S/C8H4Cl2F2N2/c9-1-4-3-14-5(2-13)7(10)6(4)8(11)12/h3,8H,1H2. The molecule has 1 rings (SSSR count). The van der Waals surface area contributed by atoms with E-state index in [2.05, 4.69) is 4.98 Å². The van der Waals surface area contributed by atoms with Crippen LogP contribution in [0.4, 0.5) is 8.78 Å². The molecule has 0 aliphatic carbocycles. The Bertz CT molecular complexity index is 388. The first-order chi connectivity index (χ1) is 6.61. The number of hydrogen-bond acceptors (Lipinski definition) is 2. The lowest BCUT2D eigenvalue weighted by Crippen LogP contribution is -1.98. The highest BCUT2D eigenvalue weighted by Gasteiger charge is 2.20. The molecule has 1 aromatic rings. The Morgan fingerprint density at radius 3 is 2.64 bits per heavy atom. The van der Waals surface area contributed by atoms with Crippen LogP contribution in [0, 0.1) is 11.3 Å². The molecule has 0 aliphatic heterocycles. The van der Waals surface area contributed by atoms with E-state index in [1.54, 1.807) is 6.07 Å². The Hall–Kier alpha value is -0.920. The molecule has 0 radical (unpaired) electrons. The molecule has 1 heterocycles. The Morgan fingerprint density at radius 1 is 1.57 bits per heavy atom. The summed E-state index contributed by atoms with van der Waals surface area (Å²) < 4.78 is 25.0. The zero-order valence-corrected chi connectivity index (χ0v) is 8.28. The van der Waals surface area contributed by atoms with E-state index >= 15 is 0 Å². The summed E-state index contributed by atoms with van der Waals surface area (Å²) in [6.45, 7) is 0. The summed E-state index contributed by atoms with van der Waals surface area (Å²) in [6, 6.07) is 1.62. The molecule has 0 aliphatic rings. The lowest BCUT2D eigenvalue weighted by atomic mass is 10.1. The van der Waals surface area contributed by atoms with Crippen LogP contribution in [0.1, 0.15) is 23.2 Å². The van der Waals surface area contributed by atoms with Crippen molar-refractivity contribution in [3.05, 3.63) is 28.0 Å². The average molecular weight is 237 g/mol. The van der Waals surface area contributed by atoms with Crippen molar-refractivity contribution in [2.45, 2.75) is 12.3 Å². The molecule has 0 N–H and O–H groups in total. The van der Waals surface area contributed by atoms with E-state index in [1.807, 2.05) is 0 Å². The zero-order chi connectivity index (χ0) is 10.7. The summed E-state index contributed by atoms with van der Waals surface area (Å²) in [5.41, 5.74) is -0.477. The second kappa shape index (κ2) is 4.54. The molecule has 0 bridgehead atoms. The maximum absolute atomic E-state index is 12.5. The fourth-order valence-corrected chi connectivity index (χ4v) is 1.47. The Kier molecular flexibility index (Phi) is 3.62. The molecule has 6 heteroatoms. The third kappa shape index (κ3) is 1.94. The van der Waals surface area contributed by atoms with E-state index in [4.69, 9.17) is 28.5 Å². The van der Waals surface area contributed by atoms with Crippen LogP contribution >= 0.6 is 23.2 Å². The third-order valence-corrected chi connectivity index (χ3v) is 2.28. The van der Waals surface area contributed by atoms with Gasteiger partial charge in [0.15, 0.2) is 5.69 Å². The molecule has 2 nitrogen and oxygen atoms in total. The van der Waals surface area contributed by atoms with Crippen molar-refractivity contribution in [1.29, 1.82) is 5.26 Å². The molecule has 0 aromatic carbocycles. The summed E-state index contributed by atoms with van der Waals surface area (Å²) in [5, 5.41) is 8.19. The number of hydrogen-bond donors (Lipinski definition) is 0. The van der Waals surface area contributed by atoms with E-state index in [1.165, 1.54) is 0 Å².